The van der Waals surface area contributed by atoms with Crippen LogP contribution in [-0.2, 0) is 6.54 Å². The number of benzene rings is 1. The van der Waals surface area contributed by atoms with E-state index >= 15 is 0 Å². The summed E-state index contributed by atoms with van der Waals surface area (Å²) in [6.45, 7) is 7.43. The summed E-state index contributed by atoms with van der Waals surface area (Å²) < 4.78 is 0. The molecule has 2 fully saturated rings. The van der Waals surface area contributed by atoms with Crippen LogP contribution in [0.3, 0.4) is 0 Å². The summed E-state index contributed by atoms with van der Waals surface area (Å²) >= 11 is 0. The second kappa shape index (κ2) is 9.07. The molecule has 0 unspecified atom stereocenters. The minimum Gasteiger partial charge on any atom is -0.357 e. The van der Waals surface area contributed by atoms with E-state index in [-0.39, 0.29) is 0 Å². The fraction of sp³-hybridized carbons (Fsp3) is 0.650. The number of piperidine rings is 1. The predicted molar refractivity (Wildman–Crippen MR) is 101 cm³/mol. The van der Waals surface area contributed by atoms with Gasteiger partial charge in [-0.2, -0.15) is 0 Å². The van der Waals surface area contributed by atoms with Crippen LogP contribution in [0.25, 0.3) is 0 Å². The molecule has 1 aliphatic heterocycles. The SMILES string of the molecule is CCNC(=NCCC1CC1)NC1CCN(Cc2ccccc2)CC1. The van der Waals surface area contributed by atoms with Crippen molar-refractivity contribution in [2.75, 3.05) is 26.2 Å². The highest BCUT2D eigenvalue weighted by Crippen LogP contribution is 2.32. The number of nitrogens with one attached hydrogen (secondary N) is 2. The Kier molecular flexibility index (Phi) is 6.53. The molecule has 2 aliphatic rings. The lowest BCUT2D eigenvalue weighted by atomic mass is 10.0. The van der Waals surface area contributed by atoms with E-state index in [4.69, 9.17) is 4.99 Å². The number of nitrogens with zero attached hydrogens (tertiary/aromatic N) is 2. The highest BCUT2D eigenvalue weighted by Gasteiger charge is 2.21. The van der Waals surface area contributed by atoms with Gasteiger partial charge in [0.1, 0.15) is 0 Å². The molecule has 0 atom stereocenters. The topological polar surface area (TPSA) is 39.7 Å². The third kappa shape index (κ3) is 5.82. The van der Waals surface area contributed by atoms with Crippen LogP contribution in [0.2, 0.25) is 0 Å². The van der Waals surface area contributed by atoms with Crippen molar-refractivity contribution in [2.24, 2.45) is 10.9 Å². The Morgan fingerprint density at radius 3 is 2.54 bits per heavy atom. The van der Waals surface area contributed by atoms with Crippen LogP contribution < -0.4 is 10.6 Å². The zero-order valence-corrected chi connectivity index (χ0v) is 15.0. The van der Waals surface area contributed by atoms with Gasteiger partial charge in [0.25, 0.3) is 0 Å². The molecule has 0 aromatic heterocycles. The molecule has 4 heteroatoms. The van der Waals surface area contributed by atoms with Crippen LogP contribution in [0.1, 0.15) is 44.6 Å². The van der Waals surface area contributed by atoms with E-state index in [1.165, 1.54) is 37.7 Å². The number of aliphatic imine (C=N–C) groups is 1. The van der Waals surface area contributed by atoms with E-state index in [1.54, 1.807) is 0 Å². The van der Waals surface area contributed by atoms with Crippen molar-refractivity contribution in [1.29, 1.82) is 0 Å². The van der Waals surface area contributed by atoms with Crippen LogP contribution >= 0.6 is 0 Å². The average molecular weight is 329 g/mol. The molecule has 4 nitrogen and oxygen atoms in total. The van der Waals surface area contributed by atoms with Crippen molar-refractivity contribution in [2.45, 2.75) is 51.6 Å². The highest BCUT2D eigenvalue weighted by molar-refractivity contribution is 5.80. The summed E-state index contributed by atoms with van der Waals surface area (Å²) in [6.07, 6.45) is 6.48. The van der Waals surface area contributed by atoms with E-state index in [0.29, 0.717) is 6.04 Å². The fourth-order valence-corrected chi connectivity index (χ4v) is 3.36. The second-order valence-corrected chi connectivity index (χ2v) is 7.17. The lowest BCUT2D eigenvalue weighted by Crippen LogP contribution is -2.48. The summed E-state index contributed by atoms with van der Waals surface area (Å²) in [7, 11) is 0. The van der Waals surface area contributed by atoms with Gasteiger partial charge in [-0.15, -0.1) is 0 Å². The van der Waals surface area contributed by atoms with Crippen LogP contribution in [-0.4, -0.2) is 43.1 Å². The van der Waals surface area contributed by atoms with E-state index in [1.807, 2.05) is 0 Å². The molecule has 1 aromatic carbocycles. The van der Waals surface area contributed by atoms with E-state index in [0.717, 1.165) is 44.6 Å². The van der Waals surface area contributed by atoms with Gasteiger partial charge in [-0.3, -0.25) is 9.89 Å². The van der Waals surface area contributed by atoms with Crippen LogP contribution in [0, 0.1) is 5.92 Å². The van der Waals surface area contributed by atoms with Crippen molar-refractivity contribution >= 4 is 5.96 Å². The van der Waals surface area contributed by atoms with Crippen LogP contribution in [0.15, 0.2) is 35.3 Å². The predicted octanol–water partition coefficient (Wildman–Crippen LogP) is 3.01. The Morgan fingerprint density at radius 1 is 1.12 bits per heavy atom. The fourth-order valence-electron chi connectivity index (χ4n) is 3.36. The maximum atomic E-state index is 4.76. The molecule has 1 saturated heterocycles. The molecule has 0 amide bonds. The summed E-state index contributed by atoms with van der Waals surface area (Å²) in [5, 5.41) is 7.05. The Balaban J connectivity index is 1.41. The van der Waals surface area contributed by atoms with E-state index in [2.05, 4.69) is 52.8 Å². The number of hydrogen-bond donors (Lipinski definition) is 2. The highest BCUT2D eigenvalue weighted by atomic mass is 15.2. The molecule has 3 rings (SSSR count). The van der Waals surface area contributed by atoms with E-state index in [9.17, 15) is 0 Å². The molecule has 1 heterocycles. The van der Waals surface area contributed by atoms with Crippen molar-refractivity contribution in [3.63, 3.8) is 0 Å². The van der Waals surface area contributed by atoms with Gasteiger partial charge >= 0.3 is 0 Å². The van der Waals surface area contributed by atoms with Gasteiger partial charge in [-0.05, 0) is 37.7 Å². The molecule has 0 radical (unpaired) electrons. The number of hydrogen-bond acceptors (Lipinski definition) is 2. The van der Waals surface area contributed by atoms with Crippen molar-refractivity contribution < 1.29 is 0 Å². The van der Waals surface area contributed by atoms with Crippen LogP contribution in [0.5, 0.6) is 0 Å². The van der Waals surface area contributed by atoms with Crippen LogP contribution in [0.4, 0.5) is 0 Å². The van der Waals surface area contributed by atoms with E-state index < -0.39 is 0 Å². The maximum Gasteiger partial charge on any atom is 0.191 e. The summed E-state index contributed by atoms with van der Waals surface area (Å²) in [4.78, 5) is 7.32. The molecule has 0 spiro atoms. The first-order valence-electron chi connectivity index (χ1n) is 9.64. The summed E-state index contributed by atoms with van der Waals surface area (Å²) in [6, 6.07) is 11.3. The van der Waals surface area contributed by atoms with Crippen molar-refractivity contribution in [3.05, 3.63) is 35.9 Å². The zero-order valence-electron chi connectivity index (χ0n) is 15.0. The quantitative estimate of drug-likeness (QED) is 0.597. The second-order valence-electron chi connectivity index (χ2n) is 7.17. The van der Waals surface area contributed by atoms with Gasteiger partial charge in [-0.1, -0.05) is 43.2 Å². The largest absolute Gasteiger partial charge is 0.357 e. The summed E-state index contributed by atoms with van der Waals surface area (Å²) in [5.74, 6) is 1.97. The number of guanidine groups is 1. The molecule has 1 aromatic rings. The zero-order chi connectivity index (χ0) is 16.6. The summed E-state index contributed by atoms with van der Waals surface area (Å²) in [5.41, 5.74) is 1.42. The van der Waals surface area contributed by atoms with Gasteiger partial charge < -0.3 is 10.6 Å². The molecule has 1 aliphatic carbocycles. The maximum absolute atomic E-state index is 4.76. The Hall–Kier alpha value is -1.55. The van der Waals surface area contributed by atoms with Crippen molar-refractivity contribution in [3.8, 4) is 0 Å². The first-order valence-corrected chi connectivity index (χ1v) is 9.64. The third-order valence-corrected chi connectivity index (χ3v) is 5.03. The first kappa shape index (κ1) is 17.3. The standard InChI is InChI=1S/C20H32N4/c1-2-21-20(22-13-10-17-8-9-17)23-19-11-14-24(15-12-19)16-18-6-4-3-5-7-18/h3-7,17,19H,2,8-16H2,1H3,(H2,21,22,23). The molecule has 132 valence electrons. The smallest absolute Gasteiger partial charge is 0.191 e. The molecule has 2 N–H and O–H groups in total. The van der Waals surface area contributed by atoms with Gasteiger partial charge in [-0.25, -0.2) is 0 Å². The lowest BCUT2D eigenvalue weighted by Gasteiger charge is -2.33. The average Bonchev–Trinajstić information content (AvgIpc) is 3.42. The lowest BCUT2D eigenvalue weighted by molar-refractivity contribution is 0.198. The van der Waals surface area contributed by atoms with Gasteiger partial charge in [0.15, 0.2) is 5.96 Å². The molecular weight excluding hydrogens is 296 g/mol. The molecular formula is C20H32N4. The number of rotatable bonds is 7. The van der Waals surface area contributed by atoms with Gasteiger partial charge in [0.05, 0.1) is 0 Å². The molecule has 1 saturated carbocycles. The Bertz CT molecular complexity index is 502. The molecule has 24 heavy (non-hydrogen) atoms. The Morgan fingerprint density at radius 2 is 1.88 bits per heavy atom. The normalized spacial score (nSPS) is 20.1. The van der Waals surface area contributed by atoms with Crippen molar-refractivity contribution in [1.82, 2.24) is 15.5 Å². The third-order valence-electron chi connectivity index (χ3n) is 5.03. The Labute approximate surface area is 146 Å². The minimum atomic E-state index is 0.552. The molecule has 0 bridgehead atoms. The number of likely N-dealkylation sites (tertiary alicyclic amines) is 1. The van der Waals surface area contributed by atoms with Gasteiger partial charge in [0.2, 0.25) is 0 Å². The van der Waals surface area contributed by atoms with Gasteiger partial charge in [0, 0.05) is 38.8 Å². The first-order chi connectivity index (χ1) is 11.8. The minimum absolute atomic E-state index is 0.552. The monoisotopic (exact) mass is 328 g/mol.